The Labute approximate surface area is 342 Å². The van der Waals surface area contributed by atoms with Crippen molar-refractivity contribution in [1.82, 2.24) is 0 Å². The molecule has 2 saturated heterocycles. The fourth-order valence-electron chi connectivity index (χ4n) is 7.01. The lowest BCUT2D eigenvalue weighted by Gasteiger charge is -2.43. The minimum atomic E-state index is -3.04. The van der Waals surface area contributed by atoms with Gasteiger partial charge in [0.25, 0.3) is 8.32 Å². The van der Waals surface area contributed by atoms with E-state index in [2.05, 4.69) is 152 Å². The normalized spacial score (nSPS) is 19.6. The lowest BCUT2D eigenvalue weighted by atomic mass is 10.00. The van der Waals surface area contributed by atoms with E-state index in [4.69, 9.17) is 18.3 Å². The maximum absolute atomic E-state index is 14.8. The van der Waals surface area contributed by atoms with Crippen LogP contribution in [0.15, 0.2) is 110 Å². The first-order valence-electron chi connectivity index (χ1n) is 19.7. The van der Waals surface area contributed by atoms with Gasteiger partial charge in [-0.3, -0.25) is 0 Å². The molecule has 0 unspecified atom stereocenters. The summed E-state index contributed by atoms with van der Waals surface area (Å²) in [5.74, 6) is 2.96. The van der Waals surface area contributed by atoms with Crippen LogP contribution in [0.1, 0.15) is 84.2 Å². The van der Waals surface area contributed by atoms with Crippen LogP contribution >= 0.6 is 23.5 Å². The van der Waals surface area contributed by atoms with E-state index in [9.17, 15) is 4.79 Å². The Bertz CT molecular complexity index is 1780. The van der Waals surface area contributed by atoms with Crippen molar-refractivity contribution in [3.63, 3.8) is 0 Å². The van der Waals surface area contributed by atoms with Crippen molar-refractivity contribution in [1.29, 1.82) is 0 Å². The molecule has 55 heavy (non-hydrogen) atoms. The molecule has 9 heteroatoms. The van der Waals surface area contributed by atoms with Gasteiger partial charge in [-0.1, -0.05) is 133 Å². The molecule has 2 aliphatic rings. The first-order valence-corrected chi connectivity index (χ1v) is 26.5. The molecule has 3 aromatic carbocycles. The number of epoxide rings is 1. The number of carbonyl (C=O) groups excluding carboxylic acids is 1. The molecule has 2 fully saturated rings. The van der Waals surface area contributed by atoms with E-state index in [1.54, 1.807) is 0 Å². The number of esters is 1. The highest BCUT2D eigenvalue weighted by molar-refractivity contribution is 8.19. The van der Waals surface area contributed by atoms with Crippen LogP contribution in [0.2, 0.25) is 23.2 Å². The third kappa shape index (κ3) is 10.1. The van der Waals surface area contributed by atoms with Gasteiger partial charge in [-0.05, 0) is 76.9 Å². The number of hydrogen-bond donors (Lipinski definition) is 0. The van der Waals surface area contributed by atoms with Gasteiger partial charge in [-0.15, -0.1) is 30.1 Å². The van der Waals surface area contributed by atoms with Crippen LogP contribution in [-0.2, 0) is 15.9 Å². The molecule has 0 N–H and O–H groups in total. The molecule has 0 amide bonds. The van der Waals surface area contributed by atoms with E-state index in [1.807, 2.05) is 49.5 Å². The predicted octanol–water partition coefficient (Wildman–Crippen LogP) is 11.1. The highest BCUT2D eigenvalue weighted by atomic mass is 32.2. The number of benzene rings is 3. The van der Waals surface area contributed by atoms with E-state index in [0.29, 0.717) is 29.9 Å². The average Bonchev–Trinajstić information content (AvgIpc) is 3.88. The van der Waals surface area contributed by atoms with Crippen LogP contribution < -0.4 is 19.2 Å². The summed E-state index contributed by atoms with van der Waals surface area (Å²) in [7, 11) is -5.51. The molecule has 2 heterocycles. The topological polar surface area (TPSA) is 57.3 Å². The average molecular weight is 815 g/mol. The summed E-state index contributed by atoms with van der Waals surface area (Å²) in [5.41, 5.74) is 1.37. The van der Waals surface area contributed by atoms with Gasteiger partial charge in [-0.25, -0.2) is 4.79 Å². The van der Waals surface area contributed by atoms with Gasteiger partial charge in [0.1, 0.15) is 29.3 Å². The summed E-state index contributed by atoms with van der Waals surface area (Å²) in [4.78, 5) is 14.8. The Morgan fingerprint density at radius 1 is 0.927 bits per heavy atom. The van der Waals surface area contributed by atoms with Gasteiger partial charge in [0.15, 0.2) is 0 Å². The van der Waals surface area contributed by atoms with Crippen molar-refractivity contribution < 1.29 is 23.1 Å². The number of hydrogen-bond acceptors (Lipinski definition) is 7. The first kappa shape index (κ1) is 43.2. The second-order valence-electron chi connectivity index (χ2n) is 17.3. The van der Waals surface area contributed by atoms with Crippen molar-refractivity contribution in [3.05, 3.63) is 121 Å². The molecule has 296 valence electrons. The largest absolute Gasteiger partial charge is 0.543 e. The summed E-state index contributed by atoms with van der Waals surface area (Å²) in [6.45, 7) is 25.9. The molecule has 3 aromatic rings. The highest BCUT2D eigenvalue weighted by Gasteiger charge is 2.52. The van der Waals surface area contributed by atoms with Gasteiger partial charge in [-0.2, -0.15) is 0 Å². The van der Waals surface area contributed by atoms with E-state index in [0.717, 1.165) is 23.5 Å². The molecule has 2 aliphatic heterocycles. The quantitative estimate of drug-likeness (QED) is 0.0498. The summed E-state index contributed by atoms with van der Waals surface area (Å²) < 4.78 is 26.7. The molecule has 5 nitrogen and oxygen atoms in total. The predicted molar refractivity (Wildman–Crippen MR) is 241 cm³/mol. The van der Waals surface area contributed by atoms with E-state index >= 15 is 0 Å². The van der Waals surface area contributed by atoms with Crippen molar-refractivity contribution in [2.45, 2.75) is 120 Å². The minimum Gasteiger partial charge on any atom is -0.543 e. The molecule has 0 radical (unpaired) electrons. The van der Waals surface area contributed by atoms with Crippen molar-refractivity contribution in [2.24, 2.45) is 0 Å². The molecule has 0 saturated carbocycles. The molecule has 3 atom stereocenters. The fourth-order valence-corrected chi connectivity index (χ4v) is 15.6. The molecular formula is C46H62O5S2Si2. The van der Waals surface area contributed by atoms with Crippen molar-refractivity contribution >= 4 is 56.5 Å². The van der Waals surface area contributed by atoms with Crippen LogP contribution in [0, 0.1) is 0 Å². The van der Waals surface area contributed by atoms with Crippen LogP contribution in [0.4, 0.5) is 0 Å². The number of allylic oxidation sites excluding steroid dienone is 3. The van der Waals surface area contributed by atoms with Crippen molar-refractivity contribution in [2.75, 3.05) is 11.5 Å². The van der Waals surface area contributed by atoms with E-state index in [-0.39, 0.29) is 38.4 Å². The second kappa shape index (κ2) is 17.7. The lowest BCUT2D eigenvalue weighted by Crippen LogP contribution is -2.68. The molecule has 0 bridgehead atoms. The van der Waals surface area contributed by atoms with Crippen molar-refractivity contribution in [3.8, 4) is 11.5 Å². The minimum absolute atomic E-state index is 0.0104. The van der Waals surface area contributed by atoms with Crippen LogP contribution in [0.5, 0.6) is 11.5 Å². The molecular weight excluding hydrogens is 753 g/mol. The number of ether oxygens (including phenoxy) is 2. The van der Waals surface area contributed by atoms with E-state index in [1.165, 1.54) is 10.4 Å². The third-order valence-corrected chi connectivity index (χ3v) is 23.5. The summed E-state index contributed by atoms with van der Waals surface area (Å²) in [5, 5.41) is 1.99. The second-order valence-corrected chi connectivity index (χ2v) is 29.4. The number of rotatable bonds is 15. The number of carbonyl (C=O) groups is 1. The standard InChI is InChI=1S/C46H62O5S2Si2/c1-12-14-21-27-46(52-28-22-29-53-46)33-35-31-36(50-55(45(7,8)9,37-23-17-15-18-24-37)38-25-19-16-20-26-38)32-41(51-54(10,11)44(4,5)6)42(35)43(47)48-34(3)30-40-39(13-2)49-40/h12-21,23-27,31-32,34,39-40H,2,22,28-30,33H2,1,3-11H3/b14-12-,27-21+/t34-,39-,40-/m1/s1. The zero-order valence-electron chi connectivity index (χ0n) is 34.6. The van der Waals surface area contributed by atoms with Gasteiger partial charge >= 0.3 is 14.3 Å². The Morgan fingerprint density at radius 2 is 1.53 bits per heavy atom. The summed E-state index contributed by atoms with van der Waals surface area (Å²) >= 11 is 3.90. The van der Waals surface area contributed by atoms with Crippen LogP contribution in [-0.4, -0.2) is 56.5 Å². The lowest BCUT2D eigenvalue weighted by molar-refractivity contribution is 0.0306. The van der Waals surface area contributed by atoms with Crippen LogP contribution in [0.3, 0.4) is 0 Å². The molecule has 0 aliphatic carbocycles. The Hall–Kier alpha value is -2.96. The first-order chi connectivity index (χ1) is 25.9. The SMILES string of the molecule is C=C[C@H]1O[C@@H]1C[C@@H](C)OC(=O)c1c(CC2(/C=C/C=C\C)SCCCS2)cc(O[Si](c2ccccc2)(c2ccccc2)C(C)(C)C)cc1O[Si](C)(C)C(C)(C)C. The third-order valence-electron chi connectivity index (χ3n) is 11.0. The Balaban J connectivity index is 1.76. The smallest absolute Gasteiger partial charge is 0.342 e. The molecule has 0 spiro atoms. The maximum atomic E-state index is 14.8. The zero-order chi connectivity index (χ0) is 40.1. The molecule has 5 rings (SSSR count). The zero-order valence-corrected chi connectivity index (χ0v) is 38.3. The number of thioether (sulfide) groups is 2. The Kier molecular flexibility index (Phi) is 13.9. The van der Waals surface area contributed by atoms with Gasteiger partial charge in [0.05, 0.1) is 10.2 Å². The van der Waals surface area contributed by atoms with E-state index < -0.39 is 16.6 Å². The summed E-state index contributed by atoms with van der Waals surface area (Å²) in [6, 6.07) is 25.5. The summed E-state index contributed by atoms with van der Waals surface area (Å²) in [6.07, 6.45) is 12.4. The van der Waals surface area contributed by atoms with Crippen LogP contribution in [0.25, 0.3) is 0 Å². The monoisotopic (exact) mass is 814 g/mol. The van der Waals surface area contributed by atoms with Gasteiger partial charge in [0, 0.05) is 18.9 Å². The van der Waals surface area contributed by atoms with Gasteiger partial charge < -0.3 is 18.3 Å². The fraction of sp³-hybridized carbons (Fsp3) is 0.457. The molecule has 0 aromatic heterocycles. The Morgan fingerprint density at radius 3 is 2.04 bits per heavy atom. The maximum Gasteiger partial charge on any atom is 0.342 e. The highest BCUT2D eigenvalue weighted by Crippen LogP contribution is 2.49. The van der Waals surface area contributed by atoms with Gasteiger partial charge in [0.2, 0.25) is 0 Å².